The minimum atomic E-state index is -1.22. The maximum Gasteiger partial charge on any atom is 0.335 e. The van der Waals surface area contributed by atoms with E-state index in [2.05, 4.69) is 0 Å². The van der Waals surface area contributed by atoms with Gasteiger partial charge in [-0.15, -0.1) is 0 Å². The standard InChI is InChI=1S/C14H18FNO3S/c1-4-10(8-20-3)16(2)13(17)11-6-5-9(14(18)19)7-12(11)15/h5-7,10H,4,8H2,1-3H3,(H,18,19). The summed E-state index contributed by atoms with van der Waals surface area (Å²) in [7, 11) is 1.64. The molecule has 1 atom stereocenters. The van der Waals surface area contributed by atoms with E-state index in [4.69, 9.17) is 5.11 Å². The van der Waals surface area contributed by atoms with Crippen molar-refractivity contribution in [3.05, 3.63) is 35.1 Å². The fourth-order valence-corrected chi connectivity index (χ4v) is 2.72. The van der Waals surface area contributed by atoms with E-state index < -0.39 is 17.7 Å². The third-order valence-corrected chi connectivity index (χ3v) is 3.86. The predicted molar refractivity (Wildman–Crippen MR) is 77.9 cm³/mol. The van der Waals surface area contributed by atoms with Crippen molar-refractivity contribution in [2.24, 2.45) is 0 Å². The predicted octanol–water partition coefficient (Wildman–Crippen LogP) is 2.74. The second-order valence-electron chi connectivity index (χ2n) is 4.43. The van der Waals surface area contributed by atoms with E-state index in [-0.39, 0.29) is 17.2 Å². The van der Waals surface area contributed by atoms with E-state index >= 15 is 0 Å². The number of halogens is 1. The van der Waals surface area contributed by atoms with Gasteiger partial charge in [-0.05, 0) is 30.9 Å². The fourth-order valence-electron chi connectivity index (χ4n) is 1.87. The number of thioether (sulfide) groups is 1. The number of carboxylic acids is 1. The average molecular weight is 299 g/mol. The number of hydrogen-bond acceptors (Lipinski definition) is 3. The summed E-state index contributed by atoms with van der Waals surface area (Å²) in [5.41, 5.74) is -0.269. The first-order valence-corrected chi connectivity index (χ1v) is 7.60. The second-order valence-corrected chi connectivity index (χ2v) is 5.34. The van der Waals surface area contributed by atoms with Crippen LogP contribution < -0.4 is 0 Å². The SMILES string of the molecule is CCC(CSC)N(C)C(=O)c1ccc(C(=O)O)cc1F. The molecule has 1 amide bonds. The van der Waals surface area contributed by atoms with Crippen LogP contribution in [0, 0.1) is 5.82 Å². The number of carboxylic acid groups (broad SMARTS) is 1. The molecule has 0 aliphatic carbocycles. The largest absolute Gasteiger partial charge is 0.478 e. The molecule has 4 nitrogen and oxygen atoms in total. The molecule has 0 fully saturated rings. The summed E-state index contributed by atoms with van der Waals surface area (Å²) in [6.45, 7) is 1.97. The van der Waals surface area contributed by atoms with Crippen molar-refractivity contribution >= 4 is 23.6 Å². The Kier molecular flexibility index (Phi) is 6.01. The zero-order valence-electron chi connectivity index (χ0n) is 11.7. The molecule has 0 saturated carbocycles. The molecule has 110 valence electrons. The van der Waals surface area contributed by atoms with E-state index in [1.54, 1.807) is 18.8 Å². The van der Waals surface area contributed by atoms with Crippen LogP contribution in [0.1, 0.15) is 34.1 Å². The maximum atomic E-state index is 13.9. The van der Waals surface area contributed by atoms with E-state index in [9.17, 15) is 14.0 Å². The Morgan fingerprint density at radius 1 is 1.45 bits per heavy atom. The van der Waals surface area contributed by atoms with Crippen molar-refractivity contribution in [1.29, 1.82) is 0 Å². The molecule has 1 aromatic carbocycles. The zero-order chi connectivity index (χ0) is 15.3. The Labute approximate surface area is 122 Å². The number of aromatic carboxylic acids is 1. The first-order chi connectivity index (χ1) is 9.42. The van der Waals surface area contributed by atoms with Crippen LogP contribution in [0.3, 0.4) is 0 Å². The van der Waals surface area contributed by atoms with Gasteiger partial charge >= 0.3 is 5.97 Å². The lowest BCUT2D eigenvalue weighted by atomic mass is 10.1. The number of carbonyl (C=O) groups excluding carboxylic acids is 1. The van der Waals surface area contributed by atoms with Gasteiger partial charge in [-0.25, -0.2) is 9.18 Å². The highest BCUT2D eigenvalue weighted by molar-refractivity contribution is 7.98. The van der Waals surface area contributed by atoms with Gasteiger partial charge in [-0.3, -0.25) is 4.79 Å². The van der Waals surface area contributed by atoms with Gasteiger partial charge in [0.05, 0.1) is 11.1 Å². The number of rotatable bonds is 6. The van der Waals surface area contributed by atoms with E-state index in [1.165, 1.54) is 17.0 Å². The lowest BCUT2D eigenvalue weighted by Gasteiger charge is -2.27. The minimum Gasteiger partial charge on any atom is -0.478 e. The molecule has 1 rings (SSSR count). The number of carbonyl (C=O) groups is 2. The lowest BCUT2D eigenvalue weighted by Crippen LogP contribution is -2.38. The molecule has 0 spiro atoms. The molecule has 0 aliphatic heterocycles. The van der Waals surface area contributed by atoms with Gasteiger partial charge in [-0.2, -0.15) is 11.8 Å². The normalized spacial score (nSPS) is 12.0. The van der Waals surface area contributed by atoms with Crippen LogP contribution in [0.5, 0.6) is 0 Å². The number of hydrogen-bond donors (Lipinski definition) is 1. The highest BCUT2D eigenvalue weighted by Gasteiger charge is 2.22. The van der Waals surface area contributed by atoms with Crippen LogP contribution in [-0.4, -0.2) is 47.0 Å². The van der Waals surface area contributed by atoms with Gasteiger partial charge in [0.1, 0.15) is 5.82 Å². The highest BCUT2D eigenvalue weighted by atomic mass is 32.2. The number of nitrogens with zero attached hydrogens (tertiary/aromatic N) is 1. The van der Waals surface area contributed by atoms with E-state index in [1.807, 2.05) is 13.2 Å². The Bertz CT molecular complexity index is 507. The van der Waals surface area contributed by atoms with Crippen LogP contribution >= 0.6 is 11.8 Å². The number of benzene rings is 1. The van der Waals surface area contributed by atoms with Crippen LogP contribution in [0.4, 0.5) is 4.39 Å². The molecular formula is C14H18FNO3S. The Hall–Kier alpha value is -1.56. The van der Waals surface area contributed by atoms with Gasteiger partial charge < -0.3 is 10.0 Å². The van der Waals surface area contributed by atoms with Gasteiger partial charge in [0.25, 0.3) is 5.91 Å². The van der Waals surface area contributed by atoms with Gasteiger partial charge in [-0.1, -0.05) is 6.92 Å². The summed E-state index contributed by atoms with van der Waals surface area (Å²) >= 11 is 1.62. The first kappa shape index (κ1) is 16.5. The number of amides is 1. The Morgan fingerprint density at radius 2 is 2.10 bits per heavy atom. The minimum absolute atomic E-state index is 0.0241. The lowest BCUT2D eigenvalue weighted by molar-refractivity contribution is 0.0691. The molecule has 0 bridgehead atoms. The van der Waals surface area contributed by atoms with E-state index in [0.717, 1.165) is 18.2 Å². The molecule has 20 heavy (non-hydrogen) atoms. The highest BCUT2D eigenvalue weighted by Crippen LogP contribution is 2.16. The quantitative estimate of drug-likeness (QED) is 0.877. The van der Waals surface area contributed by atoms with Crippen molar-refractivity contribution in [3.63, 3.8) is 0 Å². The third-order valence-electron chi connectivity index (χ3n) is 3.14. The summed E-state index contributed by atoms with van der Waals surface area (Å²) in [6, 6.07) is 3.36. The maximum absolute atomic E-state index is 13.9. The summed E-state index contributed by atoms with van der Waals surface area (Å²) in [6.07, 6.45) is 2.72. The molecule has 0 aliphatic rings. The van der Waals surface area contributed by atoms with Crippen LogP contribution in [0.15, 0.2) is 18.2 Å². The van der Waals surface area contributed by atoms with Crippen LogP contribution in [0.25, 0.3) is 0 Å². The second kappa shape index (κ2) is 7.28. The third kappa shape index (κ3) is 3.72. The molecule has 0 heterocycles. The smallest absolute Gasteiger partial charge is 0.335 e. The van der Waals surface area contributed by atoms with Gasteiger partial charge in [0.15, 0.2) is 0 Å². The monoisotopic (exact) mass is 299 g/mol. The Balaban J connectivity index is 2.99. The molecule has 1 aromatic rings. The first-order valence-electron chi connectivity index (χ1n) is 6.21. The van der Waals surface area contributed by atoms with Gasteiger partial charge in [0, 0.05) is 18.8 Å². The molecule has 0 radical (unpaired) electrons. The molecule has 0 aromatic heterocycles. The Morgan fingerprint density at radius 3 is 2.55 bits per heavy atom. The molecule has 0 saturated heterocycles. The molecular weight excluding hydrogens is 281 g/mol. The molecule has 1 N–H and O–H groups in total. The zero-order valence-corrected chi connectivity index (χ0v) is 12.5. The summed E-state index contributed by atoms with van der Waals surface area (Å²) in [5, 5.41) is 8.78. The molecule has 6 heteroatoms. The van der Waals surface area contributed by atoms with E-state index in [0.29, 0.717) is 0 Å². The topological polar surface area (TPSA) is 57.6 Å². The van der Waals surface area contributed by atoms with Crippen molar-refractivity contribution in [2.75, 3.05) is 19.1 Å². The summed E-state index contributed by atoms with van der Waals surface area (Å²) < 4.78 is 13.9. The van der Waals surface area contributed by atoms with Crippen molar-refractivity contribution in [3.8, 4) is 0 Å². The molecule has 1 unspecified atom stereocenters. The van der Waals surface area contributed by atoms with Crippen LogP contribution in [0.2, 0.25) is 0 Å². The van der Waals surface area contributed by atoms with Crippen LogP contribution in [-0.2, 0) is 0 Å². The van der Waals surface area contributed by atoms with Crippen molar-refractivity contribution in [2.45, 2.75) is 19.4 Å². The summed E-state index contributed by atoms with van der Waals surface area (Å²) in [5.74, 6) is -1.68. The van der Waals surface area contributed by atoms with Crippen molar-refractivity contribution < 1.29 is 19.1 Å². The summed E-state index contributed by atoms with van der Waals surface area (Å²) in [4.78, 5) is 24.5. The fraction of sp³-hybridized carbons (Fsp3) is 0.429. The van der Waals surface area contributed by atoms with Gasteiger partial charge in [0.2, 0.25) is 0 Å². The van der Waals surface area contributed by atoms with Crippen molar-refractivity contribution in [1.82, 2.24) is 4.90 Å². The average Bonchev–Trinajstić information content (AvgIpc) is 2.43.